The van der Waals surface area contributed by atoms with E-state index < -0.39 is 0 Å². The third kappa shape index (κ3) is 3.00. The van der Waals surface area contributed by atoms with Gasteiger partial charge in [-0.2, -0.15) is 5.10 Å². The number of para-hydroxylation sites is 1. The molecule has 1 aliphatic heterocycles. The van der Waals surface area contributed by atoms with Crippen LogP contribution in [0.4, 0.5) is 0 Å². The molecule has 7 heteroatoms. The molecule has 4 aromatic rings. The van der Waals surface area contributed by atoms with E-state index in [2.05, 4.69) is 15.1 Å². The Kier molecular flexibility index (Phi) is 4.05. The third-order valence-electron chi connectivity index (χ3n) is 4.99. The van der Waals surface area contributed by atoms with Crippen molar-refractivity contribution >= 4 is 16.8 Å². The van der Waals surface area contributed by atoms with Gasteiger partial charge >= 0.3 is 0 Å². The van der Waals surface area contributed by atoms with Crippen LogP contribution >= 0.6 is 0 Å². The molecule has 0 spiro atoms. The van der Waals surface area contributed by atoms with Gasteiger partial charge < -0.3 is 14.6 Å². The summed E-state index contributed by atoms with van der Waals surface area (Å²) in [6, 6.07) is 17.2. The predicted octanol–water partition coefficient (Wildman–Crippen LogP) is 3.04. The minimum absolute atomic E-state index is 0.0218. The highest BCUT2D eigenvalue weighted by molar-refractivity contribution is 5.98. The number of amides is 1. The second-order valence-electron chi connectivity index (χ2n) is 6.86. The van der Waals surface area contributed by atoms with E-state index in [9.17, 15) is 4.79 Å². The largest absolute Gasteiger partial charge is 0.475 e. The molecule has 0 radical (unpaired) electrons. The number of rotatable bonds is 4. The number of nitrogens with one attached hydrogen (secondary N) is 1. The molecule has 1 aromatic carbocycles. The van der Waals surface area contributed by atoms with Crippen molar-refractivity contribution in [2.75, 3.05) is 13.2 Å². The molecule has 1 atom stereocenters. The molecule has 3 aromatic heterocycles. The lowest BCUT2D eigenvalue weighted by Gasteiger charge is -2.33. The van der Waals surface area contributed by atoms with E-state index in [1.807, 2.05) is 64.2 Å². The van der Waals surface area contributed by atoms with Gasteiger partial charge in [-0.25, -0.2) is 4.98 Å². The Morgan fingerprint density at radius 3 is 2.89 bits per heavy atom. The number of hydrogen-bond acceptors (Lipinski definition) is 4. The Morgan fingerprint density at radius 2 is 2.04 bits per heavy atom. The highest BCUT2D eigenvalue weighted by atomic mass is 16.5. The molecular weight excluding hydrogens is 354 g/mol. The molecule has 0 bridgehead atoms. The molecule has 7 nitrogen and oxygen atoms in total. The molecule has 4 heterocycles. The molecule has 28 heavy (non-hydrogen) atoms. The van der Waals surface area contributed by atoms with Crippen molar-refractivity contribution in [1.29, 1.82) is 0 Å². The Balaban J connectivity index is 1.38. The normalized spacial score (nSPS) is 16.1. The number of hydrogen-bond donors (Lipinski definition) is 1. The quantitative estimate of drug-likeness (QED) is 0.597. The van der Waals surface area contributed by atoms with Gasteiger partial charge in [0.15, 0.2) is 0 Å². The van der Waals surface area contributed by atoms with Crippen LogP contribution in [0.5, 0.6) is 5.88 Å². The minimum Gasteiger partial charge on any atom is -0.475 e. The van der Waals surface area contributed by atoms with Crippen molar-refractivity contribution in [1.82, 2.24) is 24.6 Å². The van der Waals surface area contributed by atoms with Crippen LogP contribution in [0.2, 0.25) is 0 Å². The van der Waals surface area contributed by atoms with E-state index >= 15 is 0 Å². The summed E-state index contributed by atoms with van der Waals surface area (Å²) >= 11 is 0. The topological polar surface area (TPSA) is 76.0 Å². The maximum atomic E-state index is 13.1. The summed E-state index contributed by atoms with van der Waals surface area (Å²) < 4.78 is 7.78. The average Bonchev–Trinajstić information content (AvgIpc) is 3.39. The number of fused-ring (bicyclic) bond motifs is 2. The van der Waals surface area contributed by atoms with Crippen LogP contribution in [0, 0.1) is 0 Å². The number of nitrogens with zero attached hydrogens (tertiary/aromatic N) is 4. The van der Waals surface area contributed by atoms with Crippen molar-refractivity contribution in [2.45, 2.75) is 12.6 Å². The van der Waals surface area contributed by atoms with Crippen molar-refractivity contribution in [3.8, 4) is 5.88 Å². The summed E-state index contributed by atoms with van der Waals surface area (Å²) in [5.41, 5.74) is 2.55. The number of aromatic nitrogens is 4. The first kappa shape index (κ1) is 16.6. The Morgan fingerprint density at radius 1 is 1.14 bits per heavy atom. The fourth-order valence-corrected chi connectivity index (χ4v) is 3.64. The maximum absolute atomic E-state index is 13.1. The van der Waals surface area contributed by atoms with Gasteiger partial charge in [0.05, 0.1) is 12.2 Å². The summed E-state index contributed by atoms with van der Waals surface area (Å²) in [6.07, 6.45) is 3.46. The van der Waals surface area contributed by atoms with Gasteiger partial charge in [-0.1, -0.05) is 24.3 Å². The van der Waals surface area contributed by atoms with Crippen LogP contribution in [-0.2, 0) is 6.54 Å². The summed E-state index contributed by atoms with van der Waals surface area (Å²) in [5, 5.41) is 5.45. The van der Waals surface area contributed by atoms with Gasteiger partial charge in [-0.05, 0) is 24.3 Å². The first-order valence-electron chi connectivity index (χ1n) is 9.21. The number of ether oxygens (including phenoxy) is 1. The van der Waals surface area contributed by atoms with Gasteiger partial charge in [0.2, 0.25) is 5.88 Å². The molecule has 0 aliphatic carbocycles. The first-order chi connectivity index (χ1) is 13.8. The molecule has 140 valence electrons. The van der Waals surface area contributed by atoms with E-state index in [0.29, 0.717) is 31.3 Å². The summed E-state index contributed by atoms with van der Waals surface area (Å²) in [5.74, 6) is 0.543. The Bertz CT molecular complexity index is 1090. The van der Waals surface area contributed by atoms with Gasteiger partial charge in [0.25, 0.3) is 5.91 Å². The minimum atomic E-state index is -0.0749. The monoisotopic (exact) mass is 373 g/mol. The molecule has 1 amide bonds. The zero-order valence-electron chi connectivity index (χ0n) is 15.2. The lowest BCUT2D eigenvalue weighted by molar-refractivity contribution is 0.0626. The fourth-order valence-electron chi connectivity index (χ4n) is 3.64. The van der Waals surface area contributed by atoms with E-state index in [4.69, 9.17) is 4.74 Å². The van der Waals surface area contributed by atoms with Gasteiger partial charge in [0, 0.05) is 35.9 Å². The second-order valence-corrected chi connectivity index (χ2v) is 6.86. The standard InChI is InChI=1S/C21H19N5O2/c27-21(19-11-15-5-1-2-6-18(15)24-19)25-12-16-8-10-23-26(16)17(13-25)14-28-20-7-3-4-9-22-20/h1-11,17,24H,12-14H2/t17-/m1/s1. The Hall–Kier alpha value is -3.61. The number of aromatic amines is 1. The average molecular weight is 373 g/mol. The van der Waals surface area contributed by atoms with Crippen molar-refractivity contribution in [3.05, 3.63) is 78.4 Å². The lowest BCUT2D eigenvalue weighted by Crippen LogP contribution is -2.43. The van der Waals surface area contributed by atoms with Crippen molar-refractivity contribution in [2.24, 2.45) is 0 Å². The number of pyridine rings is 1. The van der Waals surface area contributed by atoms with E-state index in [-0.39, 0.29) is 11.9 Å². The molecule has 1 aliphatic rings. The van der Waals surface area contributed by atoms with E-state index in [1.54, 1.807) is 12.4 Å². The van der Waals surface area contributed by atoms with E-state index in [0.717, 1.165) is 16.6 Å². The van der Waals surface area contributed by atoms with Gasteiger partial charge in [-0.15, -0.1) is 0 Å². The lowest BCUT2D eigenvalue weighted by atomic mass is 10.2. The van der Waals surface area contributed by atoms with Gasteiger partial charge in [-0.3, -0.25) is 9.48 Å². The fraction of sp³-hybridized carbons (Fsp3) is 0.190. The van der Waals surface area contributed by atoms with Crippen LogP contribution in [0.25, 0.3) is 10.9 Å². The smallest absolute Gasteiger partial charge is 0.270 e. The SMILES string of the molecule is O=C(c1cc2ccccc2[nH]1)N1Cc2ccnn2[C@@H](COc2ccccn2)C1. The van der Waals surface area contributed by atoms with Crippen LogP contribution in [0.15, 0.2) is 67.0 Å². The van der Waals surface area contributed by atoms with Crippen LogP contribution < -0.4 is 4.74 Å². The van der Waals surface area contributed by atoms with Crippen LogP contribution in [0.3, 0.4) is 0 Å². The third-order valence-corrected chi connectivity index (χ3v) is 4.99. The maximum Gasteiger partial charge on any atom is 0.270 e. The number of carbonyl (C=O) groups is 1. The Labute approximate surface area is 161 Å². The highest BCUT2D eigenvalue weighted by Crippen LogP contribution is 2.24. The molecule has 0 fully saturated rings. The molecule has 0 saturated carbocycles. The number of H-pyrrole nitrogens is 1. The summed E-state index contributed by atoms with van der Waals surface area (Å²) in [6.45, 7) is 1.44. The van der Waals surface area contributed by atoms with Crippen molar-refractivity contribution < 1.29 is 9.53 Å². The number of benzene rings is 1. The first-order valence-corrected chi connectivity index (χ1v) is 9.21. The van der Waals surface area contributed by atoms with Crippen LogP contribution in [-0.4, -0.2) is 43.7 Å². The molecule has 0 unspecified atom stereocenters. The second kappa shape index (κ2) is 6.84. The molecule has 5 rings (SSSR count). The zero-order valence-corrected chi connectivity index (χ0v) is 15.2. The number of carbonyl (C=O) groups excluding carboxylic acids is 1. The van der Waals surface area contributed by atoms with Crippen LogP contribution in [0.1, 0.15) is 22.2 Å². The molecule has 1 N–H and O–H groups in total. The molecular formula is C21H19N5O2. The predicted molar refractivity (Wildman–Crippen MR) is 104 cm³/mol. The molecule has 0 saturated heterocycles. The zero-order chi connectivity index (χ0) is 18.9. The van der Waals surface area contributed by atoms with E-state index in [1.165, 1.54) is 0 Å². The highest BCUT2D eigenvalue weighted by Gasteiger charge is 2.30. The van der Waals surface area contributed by atoms with Gasteiger partial charge in [0.1, 0.15) is 18.3 Å². The van der Waals surface area contributed by atoms with Crippen molar-refractivity contribution in [3.63, 3.8) is 0 Å². The summed E-state index contributed by atoms with van der Waals surface area (Å²) in [4.78, 5) is 22.4. The summed E-state index contributed by atoms with van der Waals surface area (Å²) in [7, 11) is 0.